The molecule has 19 heavy (non-hydrogen) atoms. The number of halogens is 1. The van der Waals surface area contributed by atoms with Gasteiger partial charge in [0.15, 0.2) is 0 Å². The molecule has 0 radical (unpaired) electrons. The Bertz CT molecular complexity index is 573. The van der Waals surface area contributed by atoms with Crippen LogP contribution in [-0.4, -0.2) is 5.91 Å². The standard InChI is InChI=1S/C15H15FN2O/c1-10-3-2-4-13(17)14(10)15(19)18-9-11-5-7-12(16)8-6-11/h2-8H,9,17H2,1H3,(H,18,19). The van der Waals surface area contributed by atoms with Crippen molar-refractivity contribution < 1.29 is 9.18 Å². The van der Waals surface area contributed by atoms with Crippen LogP contribution in [0.2, 0.25) is 0 Å². The maximum absolute atomic E-state index is 12.8. The molecule has 1 amide bonds. The van der Waals surface area contributed by atoms with Crippen molar-refractivity contribution in [2.24, 2.45) is 0 Å². The van der Waals surface area contributed by atoms with Crippen LogP contribution < -0.4 is 11.1 Å². The predicted octanol–water partition coefficient (Wildman–Crippen LogP) is 2.65. The van der Waals surface area contributed by atoms with Crippen LogP contribution in [0.3, 0.4) is 0 Å². The molecule has 3 nitrogen and oxygen atoms in total. The van der Waals surface area contributed by atoms with Crippen molar-refractivity contribution in [3.63, 3.8) is 0 Å². The summed E-state index contributed by atoms with van der Waals surface area (Å²) in [6.45, 7) is 2.18. The number of rotatable bonds is 3. The van der Waals surface area contributed by atoms with E-state index >= 15 is 0 Å². The maximum atomic E-state index is 12.8. The summed E-state index contributed by atoms with van der Waals surface area (Å²) in [6, 6.07) is 11.3. The van der Waals surface area contributed by atoms with Gasteiger partial charge in [-0.1, -0.05) is 24.3 Å². The monoisotopic (exact) mass is 258 g/mol. The fraction of sp³-hybridized carbons (Fsp3) is 0.133. The van der Waals surface area contributed by atoms with Crippen molar-refractivity contribution >= 4 is 11.6 Å². The second-order valence-corrected chi connectivity index (χ2v) is 4.35. The summed E-state index contributed by atoms with van der Waals surface area (Å²) in [7, 11) is 0. The summed E-state index contributed by atoms with van der Waals surface area (Å²) < 4.78 is 12.8. The van der Waals surface area contributed by atoms with E-state index < -0.39 is 0 Å². The Hall–Kier alpha value is -2.36. The average molecular weight is 258 g/mol. The van der Waals surface area contributed by atoms with Gasteiger partial charge in [0.25, 0.3) is 5.91 Å². The lowest BCUT2D eigenvalue weighted by molar-refractivity contribution is 0.0951. The van der Waals surface area contributed by atoms with Crippen molar-refractivity contribution in [1.82, 2.24) is 5.32 Å². The van der Waals surface area contributed by atoms with Crippen LogP contribution >= 0.6 is 0 Å². The van der Waals surface area contributed by atoms with Gasteiger partial charge in [0.05, 0.1) is 5.56 Å². The van der Waals surface area contributed by atoms with Crippen molar-refractivity contribution in [3.05, 3.63) is 65.0 Å². The summed E-state index contributed by atoms with van der Waals surface area (Å²) >= 11 is 0. The summed E-state index contributed by atoms with van der Waals surface area (Å²) in [5, 5.41) is 2.77. The van der Waals surface area contributed by atoms with E-state index in [2.05, 4.69) is 5.32 Å². The molecule has 2 aromatic carbocycles. The molecule has 0 unspecified atom stereocenters. The second-order valence-electron chi connectivity index (χ2n) is 4.35. The molecule has 0 fully saturated rings. The van der Waals surface area contributed by atoms with E-state index in [1.807, 2.05) is 13.0 Å². The maximum Gasteiger partial charge on any atom is 0.253 e. The van der Waals surface area contributed by atoms with Gasteiger partial charge in [0.2, 0.25) is 0 Å². The fourth-order valence-electron chi connectivity index (χ4n) is 1.87. The Labute approximate surface area is 111 Å². The molecule has 3 N–H and O–H groups in total. The first-order valence-corrected chi connectivity index (χ1v) is 5.95. The van der Waals surface area contributed by atoms with Gasteiger partial charge in [-0.05, 0) is 36.2 Å². The van der Waals surface area contributed by atoms with Gasteiger partial charge in [-0.15, -0.1) is 0 Å². The number of hydrogen-bond acceptors (Lipinski definition) is 2. The van der Waals surface area contributed by atoms with Crippen LogP contribution in [0.25, 0.3) is 0 Å². The molecule has 0 spiro atoms. The molecule has 0 heterocycles. The van der Waals surface area contributed by atoms with Crippen LogP contribution in [0.1, 0.15) is 21.5 Å². The van der Waals surface area contributed by atoms with Crippen molar-refractivity contribution in [3.8, 4) is 0 Å². The van der Waals surface area contributed by atoms with Crippen molar-refractivity contribution in [2.75, 3.05) is 5.73 Å². The highest BCUT2D eigenvalue weighted by Gasteiger charge is 2.11. The number of nitrogen functional groups attached to an aromatic ring is 1. The van der Waals surface area contributed by atoms with Crippen LogP contribution in [0.5, 0.6) is 0 Å². The lowest BCUT2D eigenvalue weighted by atomic mass is 10.1. The number of nitrogens with two attached hydrogens (primary N) is 1. The van der Waals surface area contributed by atoms with Gasteiger partial charge >= 0.3 is 0 Å². The number of carbonyl (C=O) groups is 1. The Morgan fingerprint density at radius 2 is 1.89 bits per heavy atom. The SMILES string of the molecule is Cc1cccc(N)c1C(=O)NCc1ccc(F)cc1. The topological polar surface area (TPSA) is 55.1 Å². The molecule has 2 aromatic rings. The smallest absolute Gasteiger partial charge is 0.253 e. The Balaban J connectivity index is 2.07. The molecular weight excluding hydrogens is 243 g/mol. The highest BCUT2D eigenvalue weighted by molar-refractivity contribution is 6.00. The molecule has 4 heteroatoms. The molecule has 0 aliphatic rings. The van der Waals surface area contributed by atoms with Crippen LogP contribution in [-0.2, 0) is 6.54 Å². The molecule has 2 rings (SSSR count). The zero-order valence-electron chi connectivity index (χ0n) is 10.6. The van der Waals surface area contributed by atoms with Gasteiger partial charge in [-0.25, -0.2) is 4.39 Å². The minimum absolute atomic E-state index is 0.222. The highest BCUT2D eigenvalue weighted by Crippen LogP contribution is 2.16. The minimum Gasteiger partial charge on any atom is -0.398 e. The number of aryl methyl sites for hydroxylation is 1. The fourth-order valence-corrected chi connectivity index (χ4v) is 1.87. The van der Waals surface area contributed by atoms with Crippen LogP contribution in [0, 0.1) is 12.7 Å². The zero-order chi connectivity index (χ0) is 13.8. The number of hydrogen-bond donors (Lipinski definition) is 2. The van der Waals surface area contributed by atoms with E-state index in [1.54, 1.807) is 24.3 Å². The Morgan fingerprint density at radius 3 is 2.53 bits per heavy atom. The average Bonchev–Trinajstić information content (AvgIpc) is 2.38. The normalized spacial score (nSPS) is 10.2. The number of amides is 1. The largest absolute Gasteiger partial charge is 0.398 e. The molecule has 0 aromatic heterocycles. The van der Waals surface area contributed by atoms with E-state index in [-0.39, 0.29) is 11.7 Å². The molecule has 98 valence electrons. The molecule has 0 atom stereocenters. The third kappa shape index (κ3) is 3.10. The number of anilines is 1. The highest BCUT2D eigenvalue weighted by atomic mass is 19.1. The molecule has 0 saturated heterocycles. The van der Waals surface area contributed by atoms with Crippen LogP contribution in [0.15, 0.2) is 42.5 Å². The molecular formula is C15H15FN2O. The second kappa shape index (κ2) is 5.52. The van der Waals surface area contributed by atoms with Crippen molar-refractivity contribution in [2.45, 2.75) is 13.5 Å². The first-order chi connectivity index (χ1) is 9.08. The molecule has 0 saturated carbocycles. The van der Waals surface area contributed by atoms with Crippen LogP contribution in [0.4, 0.5) is 10.1 Å². The Morgan fingerprint density at radius 1 is 1.21 bits per heavy atom. The van der Waals surface area contributed by atoms with E-state index in [0.717, 1.165) is 11.1 Å². The van der Waals surface area contributed by atoms with Gasteiger partial charge in [-0.2, -0.15) is 0 Å². The Kier molecular flexibility index (Phi) is 3.80. The van der Waals surface area contributed by atoms with Gasteiger partial charge in [0.1, 0.15) is 5.82 Å². The van der Waals surface area contributed by atoms with E-state index in [4.69, 9.17) is 5.73 Å². The lowest BCUT2D eigenvalue weighted by Gasteiger charge is -2.10. The molecule has 0 aliphatic heterocycles. The summed E-state index contributed by atoms with van der Waals surface area (Å²) in [5.41, 5.74) is 8.41. The molecule has 0 aliphatic carbocycles. The first kappa shape index (κ1) is 13.1. The van der Waals surface area contributed by atoms with E-state index in [9.17, 15) is 9.18 Å². The third-order valence-corrected chi connectivity index (χ3v) is 2.90. The third-order valence-electron chi connectivity index (χ3n) is 2.90. The van der Waals surface area contributed by atoms with Crippen molar-refractivity contribution in [1.29, 1.82) is 0 Å². The zero-order valence-corrected chi connectivity index (χ0v) is 10.6. The van der Waals surface area contributed by atoms with Gasteiger partial charge < -0.3 is 11.1 Å². The summed E-state index contributed by atoms with van der Waals surface area (Å²) in [4.78, 5) is 12.1. The first-order valence-electron chi connectivity index (χ1n) is 5.95. The van der Waals surface area contributed by atoms with Gasteiger partial charge in [-0.3, -0.25) is 4.79 Å². The number of benzene rings is 2. The lowest BCUT2D eigenvalue weighted by Crippen LogP contribution is -2.24. The number of nitrogens with one attached hydrogen (secondary N) is 1. The predicted molar refractivity (Wildman–Crippen MR) is 73.2 cm³/mol. The van der Waals surface area contributed by atoms with E-state index in [0.29, 0.717) is 17.8 Å². The molecule has 0 bridgehead atoms. The van der Waals surface area contributed by atoms with Gasteiger partial charge in [0, 0.05) is 12.2 Å². The summed E-state index contributed by atoms with van der Waals surface area (Å²) in [5.74, 6) is -0.516. The minimum atomic E-state index is -0.293. The quantitative estimate of drug-likeness (QED) is 0.831. The van der Waals surface area contributed by atoms with E-state index in [1.165, 1.54) is 12.1 Å². The number of carbonyl (C=O) groups excluding carboxylic acids is 1. The summed E-state index contributed by atoms with van der Waals surface area (Å²) in [6.07, 6.45) is 0.